The molecule has 172 valence electrons. The number of fused-ring (bicyclic) bond motifs is 1. The van der Waals surface area contributed by atoms with E-state index in [2.05, 4.69) is 15.0 Å². The lowest BCUT2D eigenvalue weighted by atomic mass is 9.91. The van der Waals surface area contributed by atoms with Crippen molar-refractivity contribution in [3.05, 3.63) is 39.4 Å². The number of nitrogens with two attached hydrogens (primary N) is 1. The van der Waals surface area contributed by atoms with E-state index < -0.39 is 11.7 Å². The van der Waals surface area contributed by atoms with E-state index in [9.17, 15) is 9.18 Å². The quantitative estimate of drug-likeness (QED) is 0.700. The number of anilines is 1. The molecule has 1 saturated carbocycles. The monoisotopic (exact) mass is 445 g/mol. The molecule has 0 spiro atoms. The molecule has 10 heteroatoms. The molecular formula is C22H28FN5O4. The highest BCUT2D eigenvalue weighted by Crippen LogP contribution is 2.34. The number of pyridine rings is 1. The first kappa shape index (κ1) is 22.3. The summed E-state index contributed by atoms with van der Waals surface area (Å²) in [7, 11) is 1.36. The minimum atomic E-state index is -0.516. The Morgan fingerprint density at radius 2 is 2.03 bits per heavy atom. The molecular weight excluding hydrogens is 417 g/mol. The van der Waals surface area contributed by atoms with E-state index in [-0.39, 0.29) is 42.6 Å². The Morgan fingerprint density at radius 3 is 2.69 bits per heavy atom. The molecule has 0 bridgehead atoms. The van der Waals surface area contributed by atoms with Crippen molar-refractivity contribution in [2.45, 2.75) is 57.1 Å². The highest BCUT2D eigenvalue weighted by atomic mass is 19.1. The summed E-state index contributed by atoms with van der Waals surface area (Å²) >= 11 is 0. The van der Waals surface area contributed by atoms with Crippen molar-refractivity contribution in [1.82, 2.24) is 14.5 Å². The second-order valence-corrected chi connectivity index (χ2v) is 8.21. The summed E-state index contributed by atoms with van der Waals surface area (Å²) in [5.41, 5.74) is 7.28. The summed E-state index contributed by atoms with van der Waals surface area (Å²) < 4.78 is 26.7. The minimum Gasteiger partial charge on any atom is -0.479 e. The highest BCUT2D eigenvalue weighted by molar-refractivity contribution is 5.81. The Morgan fingerprint density at radius 1 is 1.28 bits per heavy atom. The number of aryl methyl sites for hydroxylation is 1. The van der Waals surface area contributed by atoms with Crippen LogP contribution in [0.5, 0.6) is 0 Å². The number of aliphatic hydroxyl groups excluding tert-OH is 1. The molecule has 0 amide bonds. The summed E-state index contributed by atoms with van der Waals surface area (Å²) in [5.74, 6) is -0.958. The van der Waals surface area contributed by atoms with Crippen LogP contribution in [0, 0.1) is 6.92 Å². The van der Waals surface area contributed by atoms with Crippen molar-refractivity contribution in [1.29, 1.82) is 0 Å². The molecule has 4 rings (SSSR count). The number of nitrogens with zero attached hydrogens (tertiary/aromatic N) is 4. The fraction of sp³-hybridized carbons (Fsp3) is 0.545. The first-order valence-corrected chi connectivity index (χ1v) is 10.8. The van der Waals surface area contributed by atoms with Crippen LogP contribution in [0.25, 0.3) is 11.0 Å². The maximum absolute atomic E-state index is 14.4. The number of aliphatic imine (C=N–C) groups is 1. The maximum Gasteiger partial charge on any atom is 0.256 e. The van der Waals surface area contributed by atoms with Crippen LogP contribution in [0.4, 0.5) is 10.3 Å². The van der Waals surface area contributed by atoms with Gasteiger partial charge in [-0.25, -0.2) is 14.4 Å². The lowest BCUT2D eigenvalue weighted by Gasteiger charge is -2.31. The van der Waals surface area contributed by atoms with Crippen LogP contribution in [0.1, 0.15) is 55.3 Å². The molecule has 3 heterocycles. The molecule has 1 atom stereocenters. The zero-order chi connectivity index (χ0) is 22.8. The van der Waals surface area contributed by atoms with E-state index in [1.165, 1.54) is 7.11 Å². The van der Waals surface area contributed by atoms with Crippen molar-refractivity contribution in [2.75, 3.05) is 26.1 Å². The Bertz CT molecular complexity index is 1120. The summed E-state index contributed by atoms with van der Waals surface area (Å²) in [6, 6.07) is 1.64. The highest BCUT2D eigenvalue weighted by Gasteiger charge is 2.29. The fourth-order valence-corrected chi connectivity index (χ4v) is 4.60. The van der Waals surface area contributed by atoms with Crippen LogP contribution in [0.2, 0.25) is 0 Å². The largest absolute Gasteiger partial charge is 0.479 e. The van der Waals surface area contributed by atoms with Gasteiger partial charge in [0, 0.05) is 35.5 Å². The van der Waals surface area contributed by atoms with Gasteiger partial charge in [0.15, 0.2) is 5.83 Å². The SMILES string of the molecule is COC1=C(F)CC(c2cc3c(C)nc(N)nc3n(C3CCC(OCCO)CC3)c2=O)C=N1. The lowest BCUT2D eigenvalue weighted by molar-refractivity contribution is 0.00166. The smallest absolute Gasteiger partial charge is 0.256 e. The number of nitrogen functional groups attached to an aromatic ring is 1. The second kappa shape index (κ2) is 9.33. The molecule has 9 nitrogen and oxygen atoms in total. The van der Waals surface area contributed by atoms with Crippen LogP contribution < -0.4 is 11.3 Å². The van der Waals surface area contributed by atoms with E-state index in [4.69, 9.17) is 20.3 Å². The Hall–Kier alpha value is -2.85. The third kappa shape index (κ3) is 4.24. The third-order valence-electron chi connectivity index (χ3n) is 6.18. The first-order valence-electron chi connectivity index (χ1n) is 10.8. The van der Waals surface area contributed by atoms with Gasteiger partial charge in [0.25, 0.3) is 5.56 Å². The van der Waals surface area contributed by atoms with Gasteiger partial charge >= 0.3 is 0 Å². The van der Waals surface area contributed by atoms with E-state index in [0.717, 1.165) is 25.7 Å². The van der Waals surface area contributed by atoms with Crippen LogP contribution in [-0.4, -0.2) is 52.3 Å². The van der Waals surface area contributed by atoms with Gasteiger partial charge in [0.05, 0.1) is 32.1 Å². The molecule has 0 radical (unpaired) electrons. The predicted octanol–water partition coefficient (Wildman–Crippen LogP) is 2.52. The number of aromatic nitrogens is 3. The van der Waals surface area contributed by atoms with Crippen LogP contribution in [0.3, 0.4) is 0 Å². The Balaban J connectivity index is 1.76. The van der Waals surface area contributed by atoms with E-state index in [0.29, 0.717) is 28.9 Å². The summed E-state index contributed by atoms with van der Waals surface area (Å²) in [5, 5.41) is 9.70. The normalized spacial score (nSPS) is 23.7. The molecule has 1 aliphatic carbocycles. The number of ether oxygens (including phenoxy) is 2. The Kier molecular flexibility index (Phi) is 6.52. The van der Waals surface area contributed by atoms with Gasteiger partial charge in [-0.1, -0.05) is 0 Å². The second-order valence-electron chi connectivity index (χ2n) is 8.21. The van der Waals surface area contributed by atoms with Gasteiger partial charge < -0.3 is 20.3 Å². The Labute approximate surface area is 184 Å². The maximum atomic E-state index is 14.4. The fourth-order valence-electron chi connectivity index (χ4n) is 4.60. The van der Waals surface area contributed by atoms with Gasteiger partial charge in [0.2, 0.25) is 11.8 Å². The molecule has 1 fully saturated rings. The summed E-state index contributed by atoms with van der Waals surface area (Å²) in [4.78, 5) is 26.4. The van der Waals surface area contributed by atoms with Crippen molar-refractivity contribution in [3.8, 4) is 0 Å². The third-order valence-corrected chi connectivity index (χ3v) is 6.18. The van der Waals surface area contributed by atoms with Crippen LogP contribution in [-0.2, 0) is 9.47 Å². The molecule has 1 aliphatic heterocycles. The molecule has 2 aromatic rings. The molecule has 1 unspecified atom stereocenters. The van der Waals surface area contributed by atoms with Crippen LogP contribution >= 0.6 is 0 Å². The van der Waals surface area contributed by atoms with Crippen LogP contribution in [0.15, 0.2) is 27.6 Å². The molecule has 32 heavy (non-hydrogen) atoms. The van der Waals surface area contributed by atoms with Gasteiger partial charge in [-0.3, -0.25) is 9.36 Å². The lowest BCUT2D eigenvalue weighted by Crippen LogP contribution is -2.34. The van der Waals surface area contributed by atoms with Gasteiger partial charge in [-0.15, -0.1) is 0 Å². The van der Waals surface area contributed by atoms with Crippen molar-refractivity contribution < 1.29 is 19.0 Å². The molecule has 0 aromatic carbocycles. The summed E-state index contributed by atoms with van der Waals surface area (Å²) in [6.07, 6.45) is 4.59. The summed E-state index contributed by atoms with van der Waals surface area (Å²) in [6.45, 7) is 2.11. The number of hydrogen-bond acceptors (Lipinski definition) is 8. The minimum absolute atomic E-state index is 0.00401. The molecule has 3 N–H and O–H groups in total. The average Bonchev–Trinajstić information content (AvgIpc) is 2.78. The number of aliphatic hydroxyl groups is 1. The van der Waals surface area contributed by atoms with E-state index in [1.807, 2.05) is 6.92 Å². The predicted molar refractivity (Wildman–Crippen MR) is 118 cm³/mol. The van der Waals surface area contributed by atoms with E-state index in [1.54, 1.807) is 16.8 Å². The number of methoxy groups -OCH3 is 1. The van der Waals surface area contributed by atoms with Gasteiger partial charge in [-0.05, 0) is 38.7 Å². The van der Waals surface area contributed by atoms with Crippen molar-refractivity contribution in [2.24, 2.45) is 4.99 Å². The molecule has 2 aromatic heterocycles. The number of rotatable bonds is 6. The molecule has 0 saturated heterocycles. The van der Waals surface area contributed by atoms with E-state index >= 15 is 0 Å². The number of hydrogen-bond donors (Lipinski definition) is 2. The standard InChI is InChI=1S/C22H28FN5O4/c1-12-16-10-17(13-9-18(23)20(31-2)25-11-13)21(30)28(19(16)27-22(24)26-12)14-3-5-15(6-4-14)32-8-7-29/h10-11,13-15,29H,3-9H2,1-2H3,(H2,24,26,27). The average molecular weight is 445 g/mol. The van der Waals surface area contributed by atoms with Crippen molar-refractivity contribution >= 4 is 23.2 Å². The van der Waals surface area contributed by atoms with Crippen molar-refractivity contribution in [3.63, 3.8) is 0 Å². The van der Waals surface area contributed by atoms with Gasteiger partial charge in [0.1, 0.15) is 5.65 Å². The number of allylic oxidation sites excluding steroid dienone is 1. The van der Waals surface area contributed by atoms with Gasteiger partial charge in [-0.2, -0.15) is 4.98 Å². The number of halogens is 1. The molecule has 2 aliphatic rings. The zero-order valence-electron chi connectivity index (χ0n) is 18.3. The first-order chi connectivity index (χ1) is 15.4. The topological polar surface area (TPSA) is 125 Å². The zero-order valence-corrected chi connectivity index (χ0v) is 18.3.